The van der Waals surface area contributed by atoms with Gasteiger partial charge in [-0.1, -0.05) is 36.0 Å². The topological polar surface area (TPSA) is 70.0 Å². The molecule has 0 radical (unpaired) electrons. The summed E-state index contributed by atoms with van der Waals surface area (Å²) in [5.74, 6) is 0.205. The van der Waals surface area contributed by atoms with Crippen molar-refractivity contribution < 1.29 is 13.6 Å². The molecule has 0 amide bonds. The number of benzene rings is 2. The van der Waals surface area contributed by atoms with Crippen LogP contribution >= 0.6 is 11.8 Å². The Hall–Kier alpha value is -3.91. The lowest BCUT2D eigenvalue weighted by Gasteiger charge is -2.13. The number of rotatable bonds is 7. The third-order valence-electron chi connectivity index (χ3n) is 5.94. The molecule has 176 valence electrons. The summed E-state index contributed by atoms with van der Waals surface area (Å²) in [5.41, 5.74) is 2.59. The first-order chi connectivity index (χ1) is 16.9. The van der Waals surface area contributed by atoms with Gasteiger partial charge in [0, 0.05) is 17.0 Å². The molecule has 0 N–H and O–H groups in total. The number of aryl methyl sites for hydroxylation is 1. The molecule has 0 spiro atoms. The van der Waals surface area contributed by atoms with E-state index in [2.05, 4.69) is 4.98 Å². The SMILES string of the molecule is Cc1cc(C(=O)CSc2nc3ccccc3c(=O)n2-c2ccccc2F)c(C)n1Cc1ccco1. The molecule has 0 saturated heterocycles. The van der Waals surface area contributed by atoms with E-state index in [1.165, 1.54) is 16.7 Å². The molecule has 0 aliphatic carbocycles. The number of nitrogens with zero attached hydrogens (tertiary/aromatic N) is 3. The van der Waals surface area contributed by atoms with Crippen LogP contribution in [0.15, 0.2) is 87.4 Å². The first kappa shape index (κ1) is 22.9. The second kappa shape index (κ2) is 9.38. The Morgan fingerprint density at radius 3 is 2.60 bits per heavy atom. The molecule has 0 saturated carbocycles. The minimum Gasteiger partial charge on any atom is -0.467 e. The van der Waals surface area contributed by atoms with Crippen molar-refractivity contribution in [3.05, 3.63) is 112 Å². The van der Waals surface area contributed by atoms with Crippen LogP contribution < -0.4 is 5.56 Å². The van der Waals surface area contributed by atoms with Gasteiger partial charge in [-0.15, -0.1) is 0 Å². The van der Waals surface area contributed by atoms with Gasteiger partial charge in [0.05, 0.1) is 35.2 Å². The Bertz CT molecular complexity index is 1600. The van der Waals surface area contributed by atoms with Gasteiger partial charge in [0.2, 0.25) is 0 Å². The number of hydrogen-bond donors (Lipinski definition) is 0. The van der Waals surface area contributed by atoms with Crippen molar-refractivity contribution in [3.63, 3.8) is 0 Å². The number of furan rings is 1. The fraction of sp³-hybridized carbons (Fsp3) is 0.148. The quantitative estimate of drug-likeness (QED) is 0.171. The van der Waals surface area contributed by atoms with E-state index >= 15 is 0 Å². The molecule has 5 rings (SSSR count). The maximum Gasteiger partial charge on any atom is 0.266 e. The lowest BCUT2D eigenvalue weighted by molar-refractivity contribution is 0.102. The van der Waals surface area contributed by atoms with Gasteiger partial charge < -0.3 is 8.98 Å². The smallest absolute Gasteiger partial charge is 0.266 e. The number of ketones is 1. The minimum atomic E-state index is -0.540. The Morgan fingerprint density at radius 2 is 1.83 bits per heavy atom. The molecule has 2 aromatic carbocycles. The molecule has 5 aromatic rings. The van der Waals surface area contributed by atoms with Crippen LogP contribution in [0, 0.1) is 19.7 Å². The zero-order chi connectivity index (χ0) is 24.5. The second-order valence-corrected chi connectivity index (χ2v) is 9.11. The first-order valence-corrected chi connectivity index (χ1v) is 12.0. The molecule has 0 fully saturated rings. The molecule has 0 atom stereocenters. The number of aromatic nitrogens is 3. The minimum absolute atomic E-state index is 0.0459. The van der Waals surface area contributed by atoms with Crippen molar-refractivity contribution in [1.29, 1.82) is 0 Å². The zero-order valence-corrected chi connectivity index (χ0v) is 20.0. The number of fused-ring (bicyclic) bond motifs is 1. The zero-order valence-electron chi connectivity index (χ0n) is 19.2. The Balaban J connectivity index is 1.49. The van der Waals surface area contributed by atoms with Crippen molar-refractivity contribution >= 4 is 28.4 Å². The number of carbonyl (C=O) groups excluding carboxylic acids is 1. The largest absolute Gasteiger partial charge is 0.467 e. The van der Waals surface area contributed by atoms with Crippen molar-refractivity contribution in [2.45, 2.75) is 25.5 Å². The number of halogens is 1. The standard InChI is InChI=1S/C27H22FN3O3S/c1-17-14-21(18(2)30(17)15-19-8-7-13-34-19)25(32)16-35-27-29-23-11-5-3-9-20(23)26(33)31(27)24-12-6-4-10-22(24)28/h3-14H,15-16H2,1-2H3. The van der Waals surface area contributed by atoms with E-state index < -0.39 is 5.82 Å². The second-order valence-electron chi connectivity index (χ2n) is 8.17. The van der Waals surface area contributed by atoms with Crippen molar-refractivity contribution in [3.8, 4) is 5.69 Å². The maximum atomic E-state index is 14.7. The summed E-state index contributed by atoms with van der Waals surface area (Å²) in [4.78, 5) is 31.1. The van der Waals surface area contributed by atoms with Crippen molar-refractivity contribution in [2.24, 2.45) is 0 Å². The van der Waals surface area contributed by atoms with Gasteiger partial charge in [0.1, 0.15) is 11.6 Å². The number of thioether (sulfide) groups is 1. The molecule has 35 heavy (non-hydrogen) atoms. The monoisotopic (exact) mass is 487 g/mol. The van der Waals surface area contributed by atoms with Crippen LogP contribution in [0.3, 0.4) is 0 Å². The van der Waals surface area contributed by atoms with Crippen LogP contribution in [-0.2, 0) is 6.54 Å². The van der Waals surface area contributed by atoms with Crippen LogP contribution in [0.1, 0.15) is 27.5 Å². The van der Waals surface area contributed by atoms with Crippen LogP contribution in [0.2, 0.25) is 0 Å². The molecule has 3 aromatic heterocycles. The molecule has 8 heteroatoms. The molecule has 0 aliphatic heterocycles. The van der Waals surface area contributed by atoms with E-state index in [4.69, 9.17) is 4.42 Å². The van der Waals surface area contributed by atoms with E-state index in [1.807, 2.05) is 36.6 Å². The molecule has 6 nitrogen and oxygen atoms in total. The average Bonchev–Trinajstić information content (AvgIpc) is 3.47. The van der Waals surface area contributed by atoms with Crippen molar-refractivity contribution in [2.75, 3.05) is 5.75 Å². The predicted molar refractivity (Wildman–Crippen MR) is 134 cm³/mol. The molecular formula is C27H22FN3O3S. The summed E-state index contributed by atoms with van der Waals surface area (Å²) in [6, 6.07) is 18.6. The summed E-state index contributed by atoms with van der Waals surface area (Å²) < 4.78 is 23.4. The van der Waals surface area contributed by atoms with E-state index in [-0.39, 0.29) is 27.9 Å². The van der Waals surface area contributed by atoms with Crippen LogP contribution in [0.25, 0.3) is 16.6 Å². The Morgan fingerprint density at radius 1 is 1.06 bits per heavy atom. The molecule has 0 aliphatic rings. The van der Waals surface area contributed by atoms with Gasteiger partial charge in [0.25, 0.3) is 5.56 Å². The molecule has 0 unspecified atom stereocenters. The van der Waals surface area contributed by atoms with E-state index in [0.717, 1.165) is 28.9 Å². The highest BCUT2D eigenvalue weighted by molar-refractivity contribution is 7.99. The third-order valence-corrected chi connectivity index (χ3v) is 6.88. The van der Waals surface area contributed by atoms with Gasteiger partial charge in [-0.05, 0) is 56.3 Å². The Kier molecular flexibility index (Phi) is 6.13. The molecular weight excluding hydrogens is 465 g/mol. The number of carbonyl (C=O) groups is 1. The first-order valence-electron chi connectivity index (χ1n) is 11.1. The Labute approximate surface area is 205 Å². The van der Waals surface area contributed by atoms with Gasteiger partial charge >= 0.3 is 0 Å². The van der Waals surface area contributed by atoms with Crippen molar-refractivity contribution in [1.82, 2.24) is 14.1 Å². The average molecular weight is 488 g/mol. The lowest BCUT2D eigenvalue weighted by atomic mass is 10.2. The highest BCUT2D eigenvalue weighted by Crippen LogP contribution is 2.25. The van der Waals surface area contributed by atoms with Gasteiger partial charge in [-0.2, -0.15) is 0 Å². The van der Waals surface area contributed by atoms with E-state index in [0.29, 0.717) is 23.0 Å². The number of Topliss-reactive ketones (excluding diaryl/α,β-unsaturated/α-hetero) is 1. The van der Waals surface area contributed by atoms with Gasteiger partial charge in [0.15, 0.2) is 10.9 Å². The highest BCUT2D eigenvalue weighted by Gasteiger charge is 2.20. The lowest BCUT2D eigenvalue weighted by Crippen LogP contribution is -2.23. The van der Waals surface area contributed by atoms with Crippen LogP contribution in [-0.4, -0.2) is 25.7 Å². The molecule has 0 bridgehead atoms. The number of para-hydroxylation sites is 2. The van der Waals surface area contributed by atoms with Crippen LogP contribution in [0.5, 0.6) is 0 Å². The third kappa shape index (κ3) is 4.33. The number of hydrogen-bond acceptors (Lipinski definition) is 5. The fourth-order valence-corrected chi connectivity index (χ4v) is 5.04. The van der Waals surface area contributed by atoms with Crippen LogP contribution in [0.4, 0.5) is 4.39 Å². The van der Waals surface area contributed by atoms with E-state index in [1.54, 1.807) is 42.7 Å². The summed E-state index contributed by atoms with van der Waals surface area (Å²) in [5, 5.41) is 0.643. The summed E-state index contributed by atoms with van der Waals surface area (Å²) in [6.45, 7) is 4.38. The maximum absolute atomic E-state index is 14.7. The van der Waals surface area contributed by atoms with Gasteiger partial charge in [-0.3, -0.25) is 14.2 Å². The summed E-state index contributed by atoms with van der Waals surface area (Å²) in [7, 11) is 0. The van der Waals surface area contributed by atoms with Gasteiger partial charge in [-0.25, -0.2) is 9.37 Å². The van der Waals surface area contributed by atoms with E-state index in [9.17, 15) is 14.0 Å². The normalized spacial score (nSPS) is 11.3. The molecule has 3 heterocycles. The highest BCUT2D eigenvalue weighted by atomic mass is 32.2. The predicted octanol–water partition coefficient (Wildman–Crippen LogP) is 5.56. The summed E-state index contributed by atoms with van der Waals surface area (Å²) in [6.07, 6.45) is 1.62. The summed E-state index contributed by atoms with van der Waals surface area (Å²) >= 11 is 1.12. The fourth-order valence-electron chi connectivity index (χ4n) is 4.15.